The average Bonchev–Trinajstić information content (AvgIpc) is 2.75. The van der Waals surface area contributed by atoms with Crippen molar-refractivity contribution in [1.82, 2.24) is 19.9 Å². The van der Waals surface area contributed by atoms with Gasteiger partial charge in [-0.2, -0.15) is 0 Å². The third kappa shape index (κ3) is 4.61. The Morgan fingerprint density at radius 1 is 1.14 bits per heavy atom. The van der Waals surface area contributed by atoms with Crippen molar-refractivity contribution in [3.05, 3.63) is 58.8 Å². The number of hydrogen-bond donors (Lipinski definition) is 1. The van der Waals surface area contributed by atoms with Crippen LogP contribution in [-0.4, -0.2) is 48.2 Å². The summed E-state index contributed by atoms with van der Waals surface area (Å²) in [6.45, 7) is 4.88. The summed E-state index contributed by atoms with van der Waals surface area (Å²) in [5.41, 5.74) is 0.944. The molecule has 0 spiro atoms. The van der Waals surface area contributed by atoms with Gasteiger partial charge in [0.1, 0.15) is 11.6 Å². The summed E-state index contributed by atoms with van der Waals surface area (Å²) >= 11 is 0. The van der Waals surface area contributed by atoms with Crippen molar-refractivity contribution in [3.63, 3.8) is 0 Å². The summed E-state index contributed by atoms with van der Waals surface area (Å²) in [7, 11) is 3.16. The molecule has 8 heteroatoms. The largest absolute Gasteiger partial charge is 0.494 e. The van der Waals surface area contributed by atoms with Crippen molar-refractivity contribution in [2.24, 2.45) is 0 Å². The lowest BCUT2D eigenvalue weighted by Crippen LogP contribution is -2.35. The minimum Gasteiger partial charge on any atom is -0.494 e. The maximum absolute atomic E-state index is 13.3. The van der Waals surface area contributed by atoms with E-state index >= 15 is 0 Å². The molecule has 3 rings (SSSR count). The maximum Gasteiger partial charge on any atom is 0.267 e. The highest BCUT2D eigenvalue weighted by Crippen LogP contribution is 2.20. The van der Waals surface area contributed by atoms with Crippen LogP contribution < -0.4 is 15.6 Å². The number of rotatable bonds is 9. The Labute approximate surface area is 169 Å². The molecule has 3 aromatic rings. The van der Waals surface area contributed by atoms with Crippen molar-refractivity contribution < 1.29 is 14.2 Å². The molecule has 29 heavy (non-hydrogen) atoms. The van der Waals surface area contributed by atoms with E-state index in [-0.39, 0.29) is 11.6 Å². The Morgan fingerprint density at radius 2 is 1.86 bits per heavy atom. The number of nitrogens with zero attached hydrogens (tertiary/aromatic N) is 3. The number of nitrogens with one attached hydrogen (secondary N) is 1. The van der Waals surface area contributed by atoms with Gasteiger partial charge in [0.15, 0.2) is 11.9 Å². The van der Waals surface area contributed by atoms with Crippen LogP contribution >= 0.6 is 0 Å². The zero-order valence-corrected chi connectivity index (χ0v) is 17.1. The van der Waals surface area contributed by atoms with Crippen LogP contribution in [0.5, 0.6) is 5.75 Å². The first kappa shape index (κ1) is 20.9. The van der Waals surface area contributed by atoms with E-state index in [9.17, 15) is 4.79 Å². The second kappa shape index (κ2) is 9.60. The van der Waals surface area contributed by atoms with Crippen molar-refractivity contribution in [2.45, 2.75) is 26.2 Å². The van der Waals surface area contributed by atoms with Gasteiger partial charge in [0.05, 0.1) is 23.7 Å². The quantitative estimate of drug-likeness (QED) is 0.554. The van der Waals surface area contributed by atoms with E-state index in [0.717, 1.165) is 5.75 Å². The summed E-state index contributed by atoms with van der Waals surface area (Å²) in [5, 5.41) is 3.77. The van der Waals surface area contributed by atoms with Crippen molar-refractivity contribution in [3.8, 4) is 11.4 Å². The number of pyridine rings is 1. The Bertz CT molecular complexity index is 1000. The fraction of sp³-hybridized carbons (Fsp3) is 0.381. The highest BCUT2D eigenvalue weighted by molar-refractivity contribution is 5.73. The van der Waals surface area contributed by atoms with Gasteiger partial charge in [-0.3, -0.25) is 9.36 Å². The smallest absolute Gasteiger partial charge is 0.267 e. The Kier molecular flexibility index (Phi) is 6.92. The second-order valence-electron chi connectivity index (χ2n) is 6.44. The van der Waals surface area contributed by atoms with Crippen LogP contribution in [0.2, 0.25) is 0 Å². The predicted octanol–water partition coefficient (Wildman–Crippen LogP) is 2.45. The van der Waals surface area contributed by atoms with Crippen LogP contribution in [-0.2, 0) is 9.47 Å². The molecule has 0 saturated heterocycles. The molecule has 0 unspecified atom stereocenters. The Balaban J connectivity index is 2.07. The molecule has 0 bridgehead atoms. The summed E-state index contributed by atoms with van der Waals surface area (Å²) in [6.07, 6.45) is 1.23. The van der Waals surface area contributed by atoms with Gasteiger partial charge in [0, 0.05) is 27.0 Å². The molecular weight excluding hydrogens is 372 g/mol. The second-order valence-corrected chi connectivity index (χ2v) is 6.44. The zero-order chi connectivity index (χ0) is 20.8. The van der Waals surface area contributed by atoms with Gasteiger partial charge >= 0.3 is 0 Å². The average molecular weight is 398 g/mol. The van der Waals surface area contributed by atoms with Gasteiger partial charge in [-0.25, -0.2) is 9.97 Å². The summed E-state index contributed by atoms with van der Waals surface area (Å²) in [4.78, 5) is 22.2. The number of ether oxygens (including phenoxy) is 3. The van der Waals surface area contributed by atoms with Gasteiger partial charge < -0.3 is 19.5 Å². The van der Waals surface area contributed by atoms with Gasteiger partial charge in [-0.1, -0.05) is 0 Å². The lowest BCUT2D eigenvalue weighted by molar-refractivity contribution is -0.0998. The van der Waals surface area contributed by atoms with E-state index < -0.39 is 6.29 Å². The lowest BCUT2D eigenvalue weighted by Gasteiger charge is -2.21. The van der Waals surface area contributed by atoms with E-state index in [1.165, 1.54) is 0 Å². The topological polar surface area (TPSA) is 87.5 Å². The number of aromatic nitrogens is 3. The van der Waals surface area contributed by atoms with E-state index in [4.69, 9.17) is 14.2 Å². The van der Waals surface area contributed by atoms with E-state index in [1.807, 2.05) is 38.1 Å². The van der Waals surface area contributed by atoms with Crippen molar-refractivity contribution in [2.75, 3.05) is 27.4 Å². The molecule has 0 aliphatic heterocycles. The zero-order valence-electron chi connectivity index (χ0n) is 17.1. The molecule has 8 nitrogen and oxygen atoms in total. The first-order valence-electron chi connectivity index (χ1n) is 9.48. The van der Waals surface area contributed by atoms with Crippen molar-refractivity contribution in [1.29, 1.82) is 0 Å². The van der Waals surface area contributed by atoms with Gasteiger partial charge in [0.2, 0.25) is 0 Å². The molecule has 0 aliphatic rings. The molecular formula is C21H26N4O4. The molecule has 154 valence electrons. The van der Waals surface area contributed by atoms with E-state index in [1.54, 1.807) is 37.1 Å². The number of methoxy groups -OCH3 is 2. The molecule has 1 atom stereocenters. The first-order chi connectivity index (χ1) is 14.1. The first-order valence-corrected chi connectivity index (χ1v) is 9.48. The van der Waals surface area contributed by atoms with Crippen LogP contribution in [0.1, 0.15) is 25.7 Å². The standard InChI is InChI=1S/C21H26N4O4/c1-5-29-16-10-8-15(9-11-16)25-20(14(2)23-13-18(27-3)28-4)24-19-17(21(25)26)7-6-12-22-19/h6-12,14,18,23H,5,13H2,1-4H3/t14-/m1/s1. The number of fused-ring (bicyclic) bond motifs is 1. The van der Waals surface area contributed by atoms with Crippen LogP contribution in [0.4, 0.5) is 0 Å². The van der Waals surface area contributed by atoms with Crippen LogP contribution in [0.15, 0.2) is 47.4 Å². The fourth-order valence-electron chi connectivity index (χ4n) is 3.06. The van der Waals surface area contributed by atoms with Crippen LogP contribution in [0.25, 0.3) is 16.7 Å². The molecule has 2 heterocycles. The van der Waals surface area contributed by atoms with Gasteiger partial charge in [0.25, 0.3) is 5.56 Å². The predicted molar refractivity (Wildman–Crippen MR) is 111 cm³/mol. The normalized spacial score (nSPS) is 12.4. The highest BCUT2D eigenvalue weighted by atomic mass is 16.7. The summed E-state index contributed by atoms with van der Waals surface area (Å²) in [6, 6.07) is 10.6. The minimum absolute atomic E-state index is 0.175. The molecule has 0 aliphatic carbocycles. The van der Waals surface area contributed by atoms with Crippen LogP contribution in [0, 0.1) is 0 Å². The molecule has 1 N–H and O–H groups in total. The third-order valence-corrected chi connectivity index (χ3v) is 4.58. The Hall–Kier alpha value is -2.81. The minimum atomic E-state index is -0.401. The molecule has 0 radical (unpaired) electrons. The van der Waals surface area contributed by atoms with Crippen molar-refractivity contribution >= 4 is 11.0 Å². The van der Waals surface area contributed by atoms with Gasteiger partial charge in [-0.05, 0) is 50.2 Å². The molecule has 0 fully saturated rings. The summed E-state index contributed by atoms with van der Waals surface area (Å²) in [5.74, 6) is 1.30. The van der Waals surface area contributed by atoms with E-state index in [0.29, 0.717) is 35.7 Å². The number of hydrogen-bond acceptors (Lipinski definition) is 7. The van der Waals surface area contributed by atoms with E-state index in [2.05, 4.69) is 15.3 Å². The summed E-state index contributed by atoms with van der Waals surface area (Å²) < 4.78 is 17.6. The Morgan fingerprint density at radius 3 is 2.52 bits per heavy atom. The third-order valence-electron chi connectivity index (χ3n) is 4.58. The molecule has 0 saturated carbocycles. The highest BCUT2D eigenvalue weighted by Gasteiger charge is 2.19. The molecule has 0 amide bonds. The lowest BCUT2D eigenvalue weighted by atomic mass is 10.2. The maximum atomic E-state index is 13.3. The van der Waals surface area contributed by atoms with Crippen LogP contribution in [0.3, 0.4) is 0 Å². The molecule has 1 aromatic carbocycles. The number of benzene rings is 1. The van der Waals surface area contributed by atoms with Gasteiger partial charge in [-0.15, -0.1) is 0 Å². The molecule has 2 aromatic heterocycles. The SMILES string of the molecule is CCOc1ccc(-n2c([C@@H](C)NCC(OC)OC)nc3ncccc3c2=O)cc1. The fourth-order valence-corrected chi connectivity index (χ4v) is 3.06. The monoisotopic (exact) mass is 398 g/mol.